The lowest BCUT2D eigenvalue weighted by Gasteiger charge is -2.10. The van der Waals surface area contributed by atoms with Gasteiger partial charge in [-0.25, -0.2) is 13.1 Å². The second kappa shape index (κ2) is 7.48. The second-order valence-corrected chi connectivity index (χ2v) is 7.12. The Balaban J connectivity index is 2.71. The maximum atomic E-state index is 12.1. The van der Waals surface area contributed by atoms with E-state index in [4.69, 9.17) is 18.0 Å². The zero-order chi connectivity index (χ0) is 16.0. The number of carbonyl (C=O) groups excluding carboxylic acids is 1. The SMILES string of the molecule is CC(C)CNC(=O)CNS(=O)(=O)c1cccc(C(N)=S)c1. The van der Waals surface area contributed by atoms with Crippen molar-refractivity contribution in [3.63, 3.8) is 0 Å². The highest BCUT2D eigenvalue weighted by Crippen LogP contribution is 2.11. The zero-order valence-electron chi connectivity index (χ0n) is 11.9. The Bertz CT molecular complexity index is 627. The zero-order valence-corrected chi connectivity index (χ0v) is 13.6. The van der Waals surface area contributed by atoms with Gasteiger partial charge < -0.3 is 11.1 Å². The lowest BCUT2D eigenvalue weighted by atomic mass is 10.2. The number of sulfonamides is 1. The van der Waals surface area contributed by atoms with Crippen LogP contribution in [-0.2, 0) is 14.8 Å². The van der Waals surface area contributed by atoms with E-state index in [2.05, 4.69) is 10.0 Å². The Morgan fingerprint density at radius 1 is 1.38 bits per heavy atom. The van der Waals surface area contributed by atoms with Gasteiger partial charge in [0, 0.05) is 12.1 Å². The fourth-order valence-corrected chi connectivity index (χ4v) is 2.60. The van der Waals surface area contributed by atoms with Crippen LogP contribution < -0.4 is 15.8 Å². The fourth-order valence-electron chi connectivity index (χ4n) is 1.44. The Kier molecular flexibility index (Phi) is 6.25. The predicted molar refractivity (Wildman–Crippen MR) is 85.4 cm³/mol. The van der Waals surface area contributed by atoms with E-state index in [1.54, 1.807) is 12.1 Å². The Hall–Kier alpha value is -1.51. The molecule has 0 aliphatic rings. The van der Waals surface area contributed by atoms with Gasteiger partial charge in [0.1, 0.15) is 4.99 Å². The highest BCUT2D eigenvalue weighted by atomic mass is 32.2. The summed E-state index contributed by atoms with van der Waals surface area (Å²) >= 11 is 4.81. The number of amides is 1. The van der Waals surface area contributed by atoms with Gasteiger partial charge in [0.25, 0.3) is 0 Å². The van der Waals surface area contributed by atoms with Crippen molar-refractivity contribution in [2.45, 2.75) is 18.7 Å². The summed E-state index contributed by atoms with van der Waals surface area (Å²) in [5.41, 5.74) is 5.92. The van der Waals surface area contributed by atoms with Crippen LogP contribution in [0.4, 0.5) is 0 Å². The third kappa shape index (κ3) is 5.78. The van der Waals surface area contributed by atoms with E-state index in [-0.39, 0.29) is 22.3 Å². The molecule has 0 saturated heterocycles. The molecule has 1 aromatic carbocycles. The standard InChI is InChI=1S/C13H19N3O3S2/c1-9(2)7-15-12(17)8-16-21(18,19)11-5-3-4-10(6-11)13(14)20/h3-6,9,16H,7-8H2,1-2H3,(H2,14,20)(H,15,17). The van der Waals surface area contributed by atoms with Gasteiger partial charge in [0.05, 0.1) is 11.4 Å². The maximum Gasteiger partial charge on any atom is 0.241 e. The monoisotopic (exact) mass is 329 g/mol. The molecule has 21 heavy (non-hydrogen) atoms. The molecule has 6 nitrogen and oxygen atoms in total. The van der Waals surface area contributed by atoms with Crippen molar-refractivity contribution in [2.24, 2.45) is 11.7 Å². The van der Waals surface area contributed by atoms with Crippen LogP contribution in [-0.4, -0.2) is 32.4 Å². The van der Waals surface area contributed by atoms with E-state index in [0.29, 0.717) is 18.0 Å². The van der Waals surface area contributed by atoms with E-state index in [1.807, 2.05) is 13.8 Å². The number of hydrogen-bond acceptors (Lipinski definition) is 4. The molecule has 0 aliphatic carbocycles. The average Bonchev–Trinajstić information content (AvgIpc) is 2.43. The van der Waals surface area contributed by atoms with Crippen molar-refractivity contribution in [2.75, 3.05) is 13.1 Å². The molecule has 116 valence electrons. The van der Waals surface area contributed by atoms with E-state index >= 15 is 0 Å². The van der Waals surface area contributed by atoms with Gasteiger partial charge in [0.15, 0.2) is 0 Å². The van der Waals surface area contributed by atoms with Crippen molar-refractivity contribution >= 4 is 33.1 Å². The third-order valence-electron chi connectivity index (χ3n) is 2.56. The van der Waals surface area contributed by atoms with Crippen LogP contribution in [0.3, 0.4) is 0 Å². The van der Waals surface area contributed by atoms with Crippen molar-refractivity contribution in [1.29, 1.82) is 0 Å². The van der Waals surface area contributed by atoms with Gasteiger partial charge in [-0.2, -0.15) is 0 Å². The summed E-state index contributed by atoms with van der Waals surface area (Å²) in [6, 6.07) is 5.95. The van der Waals surface area contributed by atoms with Crippen LogP contribution in [0.2, 0.25) is 0 Å². The summed E-state index contributed by atoms with van der Waals surface area (Å²) in [6.07, 6.45) is 0. The van der Waals surface area contributed by atoms with E-state index in [1.165, 1.54) is 12.1 Å². The van der Waals surface area contributed by atoms with Gasteiger partial charge in [0.2, 0.25) is 15.9 Å². The van der Waals surface area contributed by atoms with Crippen molar-refractivity contribution in [3.8, 4) is 0 Å². The molecule has 0 heterocycles. The van der Waals surface area contributed by atoms with Gasteiger partial charge in [-0.3, -0.25) is 4.79 Å². The molecule has 4 N–H and O–H groups in total. The molecule has 0 saturated carbocycles. The first-order valence-corrected chi connectivity index (χ1v) is 8.27. The molecule has 1 aromatic rings. The first-order chi connectivity index (χ1) is 9.72. The smallest absolute Gasteiger partial charge is 0.241 e. The second-order valence-electron chi connectivity index (χ2n) is 4.91. The number of thiocarbonyl (C=S) groups is 1. The molecule has 0 aliphatic heterocycles. The summed E-state index contributed by atoms with van der Waals surface area (Å²) in [5, 5.41) is 2.63. The predicted octanol–water partition coefficient (Wildman–Crippen LogP) is 0.371. The third-order valence-corrected chi connectivity index (χ3v) is 4.19. The summed E-state index contributed by atoms with van der Waals surface area (Å²) in [7, 11) is -3.78. The molecule has 0 atom stereocenters. The molecule has 0 unspecified atom stereocenters. The summed E-state index contributed by atoms with van der Waals surface area (Å²) < 4.78 is 26.4. The minimum atomic E-state index is -3.78. The fraction of sp³-hybridized carbons (Fsp3) is 0.385. The molecular weight excluding hydrogens is 310 g/mol. The number of nitrogens with two attached hydrogens (primary N) is 1. The van der Waals surface area contributed by atoms with Crippen LogP contribution in [0.5, 0.6) is 0 Å². The van der Waals surface area contributed by atoms with Crippen LogP contribution >= 0.6 is 12.2 Å². The van der Waals surface area contributed by atoms with Crippen molar-refractivity contribution < 1.29 is 13.2 Å². The minimum absolute atomic E-state index is 0.0180. The summed E-state index contributed by atoms with van der Waals surface area (Å²) in [5.74, 6) is -0.0782. The molecule has 0 radical (unpaired) electrons. The van der Waals surface area contributed by atoms with Crippen LogP contribution in [0.25, 0.3) is 0 Å². The van der Waals surface area contributed by atoms with E-state index in [9.17, 15) is 13.2 Å². The number of rotatable bonds is 7. The van der Waals surface area contributed by atoms with Gasteiger partial charge in [-0.15, -0.1) is 0 Å². The number of benzene rings is 1. The van der Waals surface area contributed by atoms with Crippen LogP contribution in [0, 0.1) is 5.92 Å². The van der Waals surface area contributed by atoms with Crippen LogP contribution in [0.1, 0.15) is 19.4 Å². The first-order valence-electron chi connectivity index (χ1n) is 6.38. The Morgan fingerprint density at radius 2 is 2.05 bits per heavy atom. The minimum Gasteiger partial charge on any atom is -0.389 e. The molecule has 8 heteroatoms. The molecule has 0 spiro atoms. The van der Waals surface area contributed by atoms with Crippen LogP contribution in [0.15, 0.2) is 29.2 Å². The summed E-state index contributed by atoms with van der Waals surface area (Å²) in [6.45, 7) is 4.08. The average molecular weight is 329 g/mol. The molecular formula is C13H19N3O3S2. The Morgan fingerprint density at radius 3 is 2.62 bits per heavy atom. The van der Waals surface area contributed by atoms with Gasteiger partial charge in [-0.1, -0.05) is 38.2 Å². The molecule has 1 rings (SSSR count). The van der Waals surface area contributed by atoms with E-state index < -0.39 is 10.0 Å². The lowest BCUT2D eigenvalue weighted by Crippen LogP contribution is -2.38. The number of hydrogen-bond donors (Lipinski definition) is 3. The quantitative estimate of drug-likeness (QED) is 0.628. The molecule has 0 aromatic heterocycles. The molecule has 1 amide bonds. The highest BCUT2D eigenvalue weighted by Gasteiger charge is 2.16. The normalized spacial score (nSPS) is 11.4. The first kappa shape index (κ1) is 17.5. The van der Waals surface area contributed by atoms with Crippen molar-refractivity contribution in [3.05, 3.63) is 29.8 Å². The Labute approximate surface area is 130 Å². The topological polar surface area (TPSA) is 101 Å². The van der Waals surface area contributed by atoms with Gasteiger partial charge >= 0.3 is 0 Å². The highest BCUT2D eigenvalue weighted by molar-refractivity contribution is 7.89. The van der Waals surface area contributed by atoms with Crippen molar-refractivity contribution in [1.82, 2.24) is 10.0 Å². The maximum absolute atomic E-state index is 12.1. The number of nitrogens with one attached hydrogen (secondary N) is 2. The number of carbonyl (C=O) groups is 1. The summed E-state index contributed by atoms with van der Waals surface area (Å²) in [4.78, 5) is 11.7. The molecule has 0 bridgehead atoms. The molecule has 0 fully saturated rings. The van der Waals surface area contributed by atoms with E-state index in [0.717, 1.165) is 0 Å². The lowest BCUT2D eigenvalue weighted by molar-refractivity contribution is -0.120. The largest absolute Gasteiger partial charge is 0.389 e. The van der Waals surface area contributed by atoms with Gasteiger partial charge in [-0.05, 0) is 18.1 Å².